The van der Waals surface area contributed by atoms with Crippen molar-refractivity contribution in [2.75, 3.05) is 25.2 Å². The minimum atomic E-state index is 0.736. The van der Waals surface area contributed by atoms with Crippen LogP contribution in [0.1, 0.15) is 5.56 Å². The van der Waals surface area contributed by atoms with Gasteiger partial charge in [0.15, 0.2) is 5.17 Å². The topological polar surface area (TPSA) is 49.4 Å². The van der Waals surface area contributed by atoms with Gasteiger partial charge in [0.2, 0.25) is 0 Å². The van der Waals surface area contributed by atoms with Crippen LogP contribution in [0.15, 0.2) is 59.7 Å². The lowest BCUT2D eigenvalue weighted by Gasteiger charge is -2.07. The molecular formula is C19H21N3OS. The quantitative estimate of drug-likeness (QED) is 0.529. The second-order valence-corrected chi connectivity index (χ2v) is 6.15. The molecule has 0 bridgehead atoms. The van der Waals surface area contributed by atoms with E-state index in [1.165, 1.54) is 10.9 Å². The number of thioether (sulfide) groups is 1. The van der Waals surface area contributed by atoms with Crippen LogP contribution in [-0.4, -0.2) is 30.1 Å². The Kier molecular flexibility index (Phi) is 5.43. The van der Waals surface area contributed by atoms with Crippen molar-refractivity contribution in [3.63, 3.8) is 0 Å². The zero-order chi connectivity index (χ0) is 16.8. The number of methoxy groups -OCH3 is 1. The maximum atomic E-state index is 5.32. The number of aromatic nitrogens is 1. The van der Waals surface area contributed by atoms with E-state index in [1.54, 1.807) is 18.9 Å². The van der Waals surface area contributed by atoms with Crippen molar-refractivity contribution in [1.29, 1.82) is 0 Å². The van der Waals surface area contributed by atoms with E-state index in [0.717, 1.165) is 35.1 Å². The molecule has 0 unspecified atom stereocenters. The maximum Gasteiger partial charge on any atom is 0.160 e. The lowest BCUT2D eigenvalue weighted by molar-refractivity contribution is 0.415. The zero-order valence-electron chi connectivity index (χ0n) is 13.9. The number of aromatic amines is 1. The number of ether oxygens (including phenoxy) is 1. The summed E-state index contributed by atoms with van der Waals surface area (Å²) >= 11 is 1.62. The van der Waals surface area contributed by atoms with E-state index in [2.05, 4.69) is 27.6 Å². The smallest absolute Gasteiger partial charge is 0.160 e. The minimum Gasteiger partial charge on any atom is -0.497 e. The Balaban J connectivity index is 1.68. The number of benzene rings is 2. The Morgan fingerprint density at radius 3 is 2.79 bits per heavy atom. The Bertz CT molecular complexity index is 827. The van der Waals surface area contributed by atoms with Crippen molar-refractivity contribution < 1.29 is 4.74 Å². The number of H-pyrrole nitrogens is 1. The van der Waals surface area contributed by atoms with Crippen LogP contribution >= 0.6 is 11.8 Å². The monoisotopic (exact) mass is 339 g/mol. The van der Waals surface area contributed by atoms with E-state index in [0.29, 0.717) is 0 Å². The van der Waals surface area contributed by atoms with Crippen molar-refractivity contribution in [2.45, 2.75) is 6.42 Å². The molecular weight excluding hydrogens is 318 g/mol. The molecule has 0 aliphatic rings. The van der Waals surface area contributed by atoms with Crippen LogP contribution < -0.4 is 10.1 Å². The summed E-state index contributed by atoms with van der Waals surface area (Å²) in [6.07, 6.45) is 4.97. The third kappa shape index (κ3) is 3.92. The van der Waals surface area contributed by atoms with Crippen LogP contribution in [0.5, 0.6) is 5.75 Å². The molecule has 0 radical (unpaired) electrons. The van der Waals surface area contributed by atoms with Gasteiger partial charge in [-0.1, -0.05) is 30.0 Å². The first-order valence-corrected chi connectivity index (χ1v) is 9.07. The Morgan fingerprint density at radius 1 is 1.21 bits per heavy atom. The largest absolute Gasteiger partial charge is 0.497 e. The SMILES string of the molecule is COc1ccc2[nH]cc(CCN=C(Nc3ccccc3)SC)c2c1. The standard InChI is InChI=1S/C19H21N3OS/c1-23-16-8-9-18-17(12-16)14(13-21-18)10-11-20-19(24-2)22-15-6-4-3-5-7-15/h3-9,12-13,21H,10-11H2,1-2H3,(H,20,22). The van der Waals surface area contributed by atoms with Gasteiger partial charge in [-0.25, -0.2) is 0 Å². The third-order valence-corrected chi connectivity index (χ3v) is 4.45. The van der Waals surface area contributed by atoms with Crippen molar-refractivity contribution >= 4 is 33.5 Å². The average Bonchev–Trinajstić information content (AvgIpc) is 3.04. The molecule has 2 N–H and O–H groups in total. The molecule has 3 rings (SSSR count). The second-order valence-electron chi connectivity index (χ2n) is 5.36. The maximum absolute atomic E-state index is 5.32. The fourth-order valence-corrected chi connectivity index (χ4v) is 3.01. The van der Waals surface area contributed by atoms with E-state index in [1.807, 2.05) is 48.7 Å². The highest BCUT2D eigenvalue weighted by Crippen LogP contribution is 2.24. The van der Waals surface area contributed by atoms with Crippen LogP contribution in [0.25, 0.3) is 10.9 Å². The summed E-state index contributed by atoms with van der Waals surface area (Å²) in [7, 11) is 1.69. The molecule has 4 nitrogen and oxygen atoms in total. The molecule has 1 heterocycles. The summed E-state index contributed by atoms with van der Waals surface area (Å²) in [4.78, 5) is 7.99. The van der Waals surface area contributed by atoms with E-state index in [4.69, 9.17) is 4.74 Å². The van der Waals surface area contributed by atoms with Gasteiger partial charge in [-0.2, -0.15) is 0 Å². The summed E-state index contributed by atoms with van der Waals surface area (Å²) in [6.45, 7) is 0.736. The first-order chi connectivity index (χ1) is 11.8. The lowest BCUT2D eigenvalue weighted by atomic mass is 10.1. The van der Waals surface area contributed by atoms with Gasteiger partial charge in [-0.3, -0.25) is 4.99 Å². The molecule has 0 aliphatic carbocycles. The van der Waals surface area contributed by atoms with E-state index in [-0.39, 0.29) is 0 Å². The molecule has 5 heteroatoms. The molecule has 124 valence electrons. The highest BCUT2D eigenvalue weighted by molar-refractivity contribution is 8.13. The third-order valence-electron chi connectivity index (χ3n) is 3.83. The molecule has 0 saturated heterocycles. The Labute approximate surface area is 146 Å². The van der Waals surface area contributed by atoms with E-state index >= 15 is 0 Å². The number of aliphatic imine (C=N–C) groups is 1. The predicted octanol–water partition coefficient (Wildman–Crippen LogP) is 4.55. The van der Waals surface area contributed by atoms with Gasteiger partial charge in [-0.05, 0) is 48.6 Å². The van der Waals surface area contributed by atoms with E-state index < -0.39 is 0 Å². The minimum absolute atomic E-state index is 0.736. The molecule has 1 aromatic heterocycles. The first-order valence-electron chi connectivity index (χ1n) is 7.84. The molecule has 0 saturated carbocycles. The number of anilines is 1. The van der Waals surface area contributed by atoms with Crippen LogP contribution in [0, 0.1) is 0 Å². The van der Waals surface area contributed by atoms with Crippen molar-refractivity contribution in [1.82, 2.24) is 4.98 Å². The van der Waals surface area contributed by atoms with Gasteiger partial charge in [0.1, 0.15) is 5.75 Å². The number of amidine groups is 1. The number of para-hydroxylation sites is 1. The molecule has 0 amide bonds. The molecule has 0 atom stereocenters. The summed E-state index contributed by atoms with van der Waals surface area (Å²) in [5.74, 6) is 0.877. The van der Waals surface area contributed by atoms with Gasteiger partial charge in [0, 0.05) is 29.3 Å². The number of hydrogen-bond acceptors (Lipinski definition) is 3. The number of nitrogens with zero attached hydrogens (tertiary/aromatic N) is 1. The Morgan fingerprint density at radius 2 is 2.04 bits per heavy atom. The molecule has 0 spiro atoms. The summed E-state index contributed by atoms with van der Waals surface area (Å²) in [6, 6.07) is 16.2. The number of nitrogens with one attached hydrogen (secondary N) is 2. The van der Waals surface area contributed by atoms with Crippen molar-refractivity contribution in [3.05, 3.63) is 60.3 Å². The lowest BCUT2D eigenvalue weighted by Crippen LogP contribution is -2.08. The van der Waals surface area contributed by atoms with Gasteiger partial charge in [0.05, 0.1) is 7.11 Å². The molecule has 3 aromatic rings. The molecule has 2 aromatic carbocycles. The number of rotatable bonds is 5. The highest BCUT2D eigenvalue weighted by atomic mass is 32.2. The van der Waals surface area contributed by atoms with Crippen LogP contribution in [0.3, 0.4) is 0 Å². The average molecular weight is 339 g/mol. The summed E-state index contributed by atoms with van der Waals surface area (Å²) in [5.41, 5.74) is 3.44. The molecule has 0 fully saturated rings. The number of hydrogen-bond donors (Lipinski definition) is 2. The molecule has 24 heavy (non-hydrogen) atoms. The van der Waals surface area contributed by atoms with Gasteiger partial charge >= 0.3 is 0 Å². The first kappa shape index (κ1) is 16.5. The van der Waals surface area contributed by atoms with Crippen LogP contribution in [-0.2, 0) is 6.42 Å². The zero-order valence-corrected chi connectivity index (χ0v) is 14.7. The highest BCUT2D eigenvalue weighted by Gasteiger charge is 2.05. The van der Waals surface area contributed by atoms with Gasteiger partial charge in [-0.15, -0.1) is 0 Å². The fourth-order valence-electron chi connectivity index (χ4n) is 2.57. The van der Waals surface area contributed by atoms with E-state index in [9.17, 15) is 0 Å². The van der Waals surface area contributed by atoms with Crippen LogP contribution in [0.4, 0.5) is 5.69 Å². The van der Waals surface area contributed by atoms with Gasteiger partial charge in [0.25, 0.3) is 0 Å². The Hall–Kier alpha value is -2.40. The number of fused-ring (bicyclic) bond motifs is 1. The second kappa shape index (κ2) is 7.93. The summed E-state index contributed by atoms with van der Waals surface area (Å²) in [5, 5.41) is 5.48. The van der Waals surface area contributed by atoms with Gasteiger partial charge < -0.3 is 15.0 Å². The van der Waals surface area contributed by atoms with Crippen molar-refractivity contribution in [2.24, 2.45) is 4.99 Å². The fraction of sp³-hybridized carbons (Fsp3) is 0.211. The van der Waals surface area contributed by atoms with Crippen molar-refractivity contribution in [3.8, 4) is 5.75 Å². The molecule has 0 aliphatic heterocycles. The normalized spacial score (nSPS) is 11.7. The summed E-state index contributed by atoms with van der Waals surface area (Å²) < 4.78 is 5.32. The predicted molar refractivity (Wildman–Crippen MR) is 104 cm³/mol. The van der Waals surface area contributed by atoms with Crippen LogP contribution in [0.2, 0.25) is 0 Å².